The summed E-state index contributed by atoms with van der Waals surface area (Å²) < 4.78 is 0. The number of piperidine rings is 1. The first-order valence-electron chi connectivity index (χ1n) is 19.7. The van der Waals surface area contributed by atoms with E-state index in [1.807, 2.05) is 74.5 Å². The molecule has 2 aliphatic rings. The van der Waals surface area contributed by atoms with Gasteiger partial charge in [0, 0.05) is 37.9 Å². The molecule has 12 heteroatoms. The predicted molar refractivity (Wildman–Crippen MR) is 208 cm³/mol. The van der Waals surface area contributed by atoms with Gasteiger partial charge in [0.25, 0.3) is 5.91 Å². The van der Waals surface area contributed by atoms with E-state index in [0.29, 0.717) is 76.9 Å². The zero-order valence-electron chi connectivity index (χ0n) is 32.0. The van der Waals surface area contributed by atoms with Gasteiger partial charge in [0.15, 0.2) is 5.78 Å². The van der Waals surface area contributed by atoms with Crippen molar-refractivity contribution in [2.75, 3.05) is 19.6 Å². The predicted octanol–water partition coefficient (Wildman–Crippen LogP) is 3.00. The Kier molecular flexibility index (Phi) is 16.8. The van der Waals surface area contributed by atoms with E-state index in [9.17, 15) is 28.8 Å². The largest absolute Gasteiger partial charge is 0.351 e. The van der Waals surface area contributed by atoms with E-state index >= 15 is 0 Å². The highest BCUT2D eigenvalue weighted by molar-refractivity contribution is 6.36. The number of unbranched alkanes of at least 4 members (excludes halogenated alkanes) is 1. The number of carbonyl (C=O) groups excluding carboxylic acids is 6. The molecule has 0 aromatic heterocycles. The molecule has 4 atom stereocenters. The van der Waals surface area contributed by atoms with E-state index in [2.05, 4.69) is 16.0 Å². The third-order valence-corrected chi connectivity index (χ3v) is 10.3. The van der Waals surface area contributed by atoms with Gasteiger partial charge in [0.05, 0.1) is 12.1 Å². The van der Waals surface area contributed by atoms with E-state index in [1.54, 1.807) is 4.90 Å². The average molecular weight is 745 g/mol. The molecule has 0 bridgehead atoms. The average Bonchev–Trinajstić information content (AvgIpc) is 3.98. The molecule has 2 aromatic rings. The zero-order chi connectivity index (χ0) is 39.0. The topological polar surface area (TPSA) is 194 Å². The van der Waals surface area contributed by atoms with Crippen LogP contribution in [0.1, 0.15) is 89.2 Å². The van der Waals surface area contributed by atoms with Gasteiger partial charge in [-0.15, -0.1) is 0 Å². The zero-order valence-corrected chi connectivity index (χ0v) is 32.0. The molecule has 1 aliphatic heterocycles. The molecule has 54 heavy (non-hydrogen) atoms. The number of hydrogen-bond acceptors (Lipinski definition) is 8. The van der Waals surface area contributed by atoms with Gasteiger partial charge in [0.1, 0.15) is 6.04 Å². The molecule has 2 aromatic carbocycles. The van der Waals surface area contributed by atoms with Crippen LogP contribution in [0.2, 0.25) is 0 Å². The number of Topliss-reactive ketones (excluding diaryl/α,β-unsaturated/α-hetero) is 2. The van der Waals surface area contributed by atoms with E-state index in [1.165, 1.54) is 0 Å². The summed E-state index contributed by atoms with van der Waals surface area (Å²) >= 11 is 0. The first kappa shape index (κ1) is 42.3. The van der Waals surface area contributed by atoms with Gasteiger partial charge in [-0.25, -0.2) is 0 Å². The molecular weight excluding hydrogens is 684 g/mol. The van der Waals surface area contributed by atoms with Gasteiger partial charge in [0.2, 0.25) is 23.5 Å². The number of ketones is 2. The summed E-state index contributed by atoms with van der Waals surface area (Å²) in [6.45, 7) is 5.14. The standard InChI is InChI=1S/C42H60N6O6/c1-28(2)23-32(27-37(49)36(25-30-13-7-4-8-14-30)47-40(52)34(44)24-29-11-5-3-6-12-29)39(51)46-35(15-9-10-20-43)41(53)45-33-18-21-48(22-19-33)42(54)38(50)26-31-16-17-31/h3-8,11-14,28,31-36H,9-10,15-27,43-44H2,1-2H3,(H,45,53)(H,46,51)(H,47,52)/t32-,34+,35+,36+/m0/s1. The highest BCUT2D eigenvalue weighted by Gasteiger charge is 2.34. The third-order valence-electron chi connectivity index (χ3n) is 10.3. The smallest absolute Gasteiger partial charge is 0.289 e. The van der Waals surface area contributed by atoms with Crippen LogP contribution in [0.3, 0.4) is 0 Å². The van der Waals surface area contributed by atoms with Crippen LogP contribution in [-0.2, 0) is 41.6 Å². The second kappa shape index (κ2) is 21.5. The molecule has 1 heterocycles. The molecule has 12 nitrogen and oxygen atoms in total. The van der Waals surface area contributed by atoms with Crippen LogP contribution in [0.25, 0.3) is 0 Å². The number of carbonyl (C=O) groups is 6. The van der Waals surface area contributed by atoms with Crippen molar-refractivity contribution in [2.24, 2.45) is 29.2 Å². The monoisotopic (exact) mass is 744 g/mol. The van der Waals surface area contributed by atoms with Gasteiger partial charge >= 0.3 is 0 Å². The Labute approximate surface area is 319 Å². The van der Waals surface area contributed by atoms with Crippen LogP contribution in [0.5, 0.6) is 0 Å². The Morgan fingerprint density at radius 2 is 1.35 bits per heavy atom. The Hall–Kier alpha value is -4.42. The Bertz CT molecular complexity index is 1540. The van der Waals surface area contributed by atoms with Crippen molar-refractivity contribution in [1.29, 1.82) is 0 Å². The third kappa shape index (κ3) is 14.1. The summed E-state index contributed by atoms with van der Waals surface area (Å²) in [6.07, 6.45) is 5.82. The number of nitrogens with zero attached hydrogens (tertiary/aromatic N) is 1. The minimum Gasteiger partial charge on any atom is -0.351 e. The van der Waals surface area contributed by atoms with Crippen LogP contribution >= 0.6 is 0 Å². The minimum absolute atomic E-state index is 0.0728. The van der Waals surface area contributed by atoms with Crippen LogP contribution in [0.15, 0.2) is 60.7 Å². The lowest BCUT2D eigenvalue weighted by atomic mass is 9.88. The second-order valence-electron chi connectivity index (χ2n) is 15.5. The SMILES string of the molecule is CC(C)C[C@@H](CC(=O)[C@@H](Cc1ccccc1)NC(=O)[C@H](N)Cc1ccccc1)C(=O)N[C@H](CCCCN)C(=O)NC1CCN(C(=O)C(=O)CC2CC2)CC1. The van der Waals surface area contributed by atoms with Crippen LogP contribution in [0.4, 0.5) is 0 Å². The molecule has 1 aliphatic carbocycles. The Morgan fingerprint density at radius 3 is 1.93 bits per heavy atom. The summed E-state index contributed by atoms with van der Waals surface area (Å²) in [6, 6.07) is 16.0. The fraction of sp³-hybridized carbons (Fsp3) is 0.571. The summed E-state index contributed by atoms with van der Waals surface area (Å²) in [7, 11) is 0. The molecule has 0 unspecified atom stereocenters. The molecule has 4 rings (SSSR count). The van der Waals surface area contributed by atoms with Gasteiger partial charge in [-0.1, -0.05) is 74.5 Å². The fourth-order valence-corrected chi connectivity index (χ4v) is 7.00. The van der Waals surface area contributed by atoms with Gasteiger partial charge in [-0.05, 0) is 93.7 Å². The minimum atomic E-state index is -0.908. The number of nitrogens with two attached hydrogens (primary N) is 2. The van der Waals surface area contributed by atoms with Gasteiger partial charge in [-0.3, -0.25) is 28.8 Å². The Morgan fingerprint density at radius 1 is 0.759 bits per heavy atom. The van der Waals surface area contributed by atoms with Gasteiger partial charge < -0.3 is 32.3 Å². The van der Waals surface area contributed by atoms with Crippen LogP contribution in [0, 0.1) is 17.8 Å². The lowest BCUT2D eigenvalue weighted by molar-refractivity contribution is -0.145. The van der Waals surface area contributed by atoms with Crippen molar-refractivity contribution in [1.82, 2.24) is 20.9 Å². The molecule has 0 radical (unpaired) electrons. The van der Waals surface area contributed by atoms with Crippen molar-refractivity contribution < 1.29 is 28.8 Å². The highest BCUT2D eigenvalue weighted by atomic mass is 16.2. The molecule has 294 valence electrons. The molecule has 7 N–H and O–H groups in total. The molecule has 1 saturated heterocycles. The maximum atomic E-state index is 14.0. The first-order valence-corrected chi connectivity index (χ1v) is 19.7. The van der Waals surface area contributed by atoms with Crippen LogP contribution in [-0.4, -0.2) is 83.9 Å². The number of rotatable bonds is 22. The lowest BCUT2D eigenvalue weighted by Gasteiger charge is -2.33. The van der Waals surface area contributed by atoms with Crippen molar-refractivity contribution in [3.05, 3.63) is 71.8 Å². The van der Waals surface area contributed by atoms with Gasteiger partial charge in [-0.2, -0.15) is 0 Å². The normalized spacial score (nSPS) is 16.9. The summed E-state index contributed by atoms with van der Waals surface area (Å²) in [5, 5.41) is 8.90. The molecule has 2 fully saturated rings. The van der Waals surface area contributed by atoms with Crippen molar-refractivity contribution in [3.8, 4) is 0 Å². The van der Waals surface area contributed by atoms with E-state index in [0.717, 1.165) is 24.0 Å². The first-order chi connectivity index (χ1) is 25.9. The van der Waals surface area contributed by atoms with E-state index in [-0.39, 0.29) is 42.3 Å². The summed E-state index contributed by atoms with van der Waals surface area (Å²) in [4.78, 5) is 81.6. The number of likely N-dealkylation sites (tertiary alicyclic amines) is 1. The second-order valence-corrected chi connectivity index (χ2v) is 15.5. The van der Waals surface area contributed by atoms with Crippen LogP contribution < -0.4 is 27.4 Å². The van der Waals surface area contributed by atoms with Crippen molar-refractivity contribution in [3.63, 3.8) is 0 Å². The fourth-order valence-electron chi connectivity index (χ4n) is 7.00. The summed E-state index contributed by atoms with van der Waals surface area (Å²) in [5.74, 6) is -2.57. The molecule has 4 amide bonds. The number of nitrogens with one attached hydrogen (secondary N) is 3. The van der Waals surface area contributed by atoms with E-state index in [4.69, 9.17) is 11.5 Å². The summed E-state index contributed by atoms with van der Waals surface area (Å²) in [5.41, 5.74) is 13.8. The molecule has 1 saturated carbocycles. The maximum absolute atomic E-state index is 14.0. The number of benzene rings is 2. The lowest BCUT2D eigenvalue weighted by Crippen LogP contribution is -2.54. The molecular formula is C42H60N6O6. The van der Waals surface area contributed by atoms with Crippen molar-refractivity contribution >= 4 is 35.2 Å². The quantitative estimate of drug-likeness (QED) is 0.0897. The van der Waals surface area contributed by atoms with Crippen molar-refractivity contribution in [2.45, 2.75) is 115 Å². The highest BCUT2D eigenvalue weighted by Crippen LogP contribution is 2.32. The number of hydrogen-bond donors (Lipinski definition) is 5. The maximum Gasteiger partial charge on any atom is 0.289 e. The molecule has 0 spiro atoms. The van der Waals surface area contributed by atoms with E-state index < -0.39 is 41.8 Å². The Balaban J connectivity index is 1.40. The number of amides is 4.